The first-order valence-corrected chi connectivity index (χ1v) is 8.94. The highest BCUT2D eigenvalue weighted by Crippen LogP contribution is 2.34. The third-order valence-electron chi connectivity index (χ3n) is 4.16. The highest BCUT2D eigenvalue weighted by molar-refractivity contribution is 6.32. The lowest BCUT2D eigenvalue weighted by Crippen LogP contribution is -2.20. The van der Waals surface area contributed by atoms with E-state index in [4.69, 9.17) is 16.3 Å². The van der Waals surface area contributed by atoms with E-state index in [0.717, 1.165) is 19.0 Å². The maximum Gasteiger partial charge on any atom is 0.387 e. The van der Waals surface area contributed by atoms with Gasteiger partial charge in [0.1, 0.15) is 34.2 Å². The summed E-state index contributed by atoms with van der Waals surface area (Å²) in [5, 5.41) is 5.34. The van der Waals surface area contributed by atoms with Gasteiger partial charge in [0.15, 0.2) is 11.6 Å². The summed E-state index contributed by atoms with van der Waals surface area (Å²) in [5.41, 5.74) is 0.605. The van der Waals surface area contributed by atoms with Crippen molar-refractivity contribution in [2.45, 2.75) is 19.1 Å². The Morgan fingerprint density at radius 1 is 1.24 bits per heavy atom. The molecule has 1 atom stereocenters. The molecular weight excluding hydrogens is 413 g/mol. The topological polar surface area (TPSA) is 94.1 Å². The van der Waals surface area contributed by atoms with Crippen LogP contribution in [0, 0.1) is 5.82 Å². The quantitative estimate of drug-likeness (QED) is 0.620. The van der Waals surface area contributed by atoms with Crippen molar-refractivity contribution >= 4 is 34.1 Å². The number of rotatable bonds is 6. The molecule has 0 bridgehead atoms. The van der Waals surface area contributed by atoms with E-state index in [2.05, 4.69) is 35.3 Å². The molecule has 3 heterocycles. The lowest BCUT2D eigenvalue weighted by molar-refractivity contribution is -0.0499. The van der Waals surface area contributed by atoms with Crippen LogP contribution >= 0.6 is 11.6 Å². The second-order valence-corrected chi connectivity index (χ2v) is 6.46. The summed E-state index contributed by atoms with van der Waals surface area (Å²) in [5.74, 6) is -1.27. The van der Waals surface area contributed by atoms with Crippen molar-refractivity contribution < 1.29 is 22.6 Å². The minimum atomic E-state index is -3.12. The van der Waals surface area contributed by atoms with Crippen molar-refractivity contribution in [1.29, 1.82) is 0 Å². The zero-order valence-corrected chi connectivity index (χ0v) is 15.5. The van der Waals surface area contributed by atoms with E-state index in [-0.39, 0.29) is 23.6 Å². The minimum absolute atomic E-state index is 0.0490. The van der Waals surface area contributed by atoms with Crippen molar-refractivity contribution in [3.63, 3.8) is 0 Å². The van der Waals surface area contributed by atoms with E-state index in [1.54, 1.807) is 0 Å². The Labute approximate surface area is 167 Å². The van der Waals surface area contributed by atoms with E-state index < -0.39 is 23.2 Å². The molecule has 1 fully saturated rings. The van der Waals surface area contributed by atoms with Crippen molar-refractivity contribution in [3.8, 4) is 11.8 Å². The average Bonchev–Trinajstić information content (AvgIpc) is 3.21. The van der Waals surface area contributed by atoms with Crippen LogP contribution in [0.4, 0.5) is 24.7 Å². The number of benzene rings is 1. The van der Waals surface area contributed by atoms with Gasteiger partial charge in [-0.25, -0.2) is 19.3 Å². The standard InChI is InChI=1S/C17H14ClF3N6O2/c18-12-11(29-16(20)21)2-1-9(13(12)19)26-15-14-10(24-7-25-15)6-23-17(27-14)28-8-3-4-22-5-8/h1-2,6-8,16,22H,3-5H2,(H,24,25,26)/t8-/m0/s1. The zero-order chi connectivity index (χ0) is 20.4. The number of anilines is 2. The smallest absolute Gasteiger partial charge is 0.387 e. The van der Waals surface area contributed by atoms with E-state index >= 15 is 0 Å². The fourth-order valence-electron chi connectivity index (χ4n) is 2.81. The van der Waals surface area contributed by atoms with Gasteiger partial charge in [0, 0.05) is 6.54 Å². The number of ether oxygens (including phenoxy) is 2. The molecule has 1 aromatic carbocycles. The van der Waals surface area contributed by atoms with Gasteiger partial charge in [-0.15, -0.1) is 0 Å². The van der Waals surface area contributed by atoms with Gasteiger partial charge in [-0.2, -0.15) is 13.8 Å². The lowest BCUT2D eigenvalue weighted by Gasteiger charge is -2.13. The maximum absolute atomic E-state index is 14.5. The van der Waals surface area contributed by atoms with Crippen molar-refractivity contribution in [3.05, 3.63) is 35.5 Å². The Morgan fingerprint density at radius 3 is 2.86 bits per heavy atom. The summed E-state index contributed by atoms with van der Waals surface area (Å²) >= 11 is 5.79. The summed E-state index contributed by atoms with van der Waals surface area (Å²) < 4.78 is 49.2. The molecule has 0 amide bonds. The number of halogens is 4. The van der Waals surface area contributed by atoms with Crippen molar-refractivity contribution in [2.75, 3.05) is 18.4 Å². The summed E-state index contributed by atoms with van der Waals surface area (Å²) in [6.07, 6.45) is 3.50. The second-order valence-electron chi connectivity index (χ2n) is 6.08. The van der Waals surface area contributed by atoms with Gasteiger partial charge in [-0.1, -0.05) is 11.6 Å². The highest BCUT2D eigenvalue weighted by Gasteiger charge is 2.20. The fourth-order valence-corrected chi connectivity index (χ4v) is 3.02. The molecule has 2 aromatic heterocycles. The van der Waals surface area contributed by atoms with E-state index in [0.29, 0.717) is 17.6 Å². The van der Waals surface area contributed by atoms with Crippen LogP contribution in [0.2, 0.25) is 5.02 Å². The molecular formula is C17H14ClF3N6O2. The number of fused-ring (bicyclic) bond motifs is 1. The molecule has 0 aliphatic carbocycles. The highest BCUT2D eigenvalue weighted by atomic mass is 35.5. The van der Waals surface area contributed by atoms with Gasteiger partial charge >= 0.3 is 12.6 Å². The predicted molar refractivity (Wildman–Crippen MR) is 98.4 cm³/mol. The molecule has 2 N–H and O–H groups in total. The van der Waals surface area contributed by atoms with Crippen molar-refractivity contribution in [1.82, 2.24) is 25.3 Å². The maximum atomic E-state index is 14.5. The van der Waals surface area contributed by atoms with Gasteiger partial charge in [-0.3, -0.25) is 0 Å². The first-order valence-electron chi connectivity index (χ1n) is 8.56. The van der Waals surface area contributed by atoms with Crippen LogP contribution < -0.4 is 20.1 Å². The summed E-state index contributed by atoms with van der Waals surface area (Å²) in [4.78, 5) is 16.6. The molecule has 1 saturated heterocycles. The molecule has 1 aliphatic rings. The Kier molecular flexibility index (Phi) is 5.49. The summed E-state index contributed by atoms with van der Waals surface area (Å²) in [6.45, 7) is -1.59. The molecule has 12 heteroatoms. The molecule has 0 saturated carbocycles. The number of aromatic nitrogens is 4. The SMILES string of the molecule is Fc1c(Nc2ncnc3cnc(O[C@H]4CCNC4)nc23)ccc(OC(F)F)c1Cl. The molecule has 3 aromatic rings. The third-order valence-corrected chi connectivity index (χ3v) is 4.51. The van der Waals surface area contributed by atoms with Crippen LogP contribution in [-0.4, -0.2) is 45.7 Å². The largest absolute Gasteiger partial charge is 0.459 e. The van der Waals surface area contributed by atoms with E-state index in [1.165, 1.54) is 18.6 Å². The average molecular weight is 427 g/mol. The Morgan fingerprint density at radius 2 is 2.10 bits per heavy atom. The fraction of sp³-hybridized carbons (Fsp3) is 0.294. The first-order chi connectivity index (χ1) is 14.0. The number of hydrogen-bond donors (Lipinski definition) is 2. The normalized spacial score (nSPS) is 16.4. The number of nitrogens with zero attached hydrogens (tertiary/aromatic N) is 4. The molecule has 0 radical (unpaired) electrons. The van der Waals surface area contributed by atoms with E-state index in [9.17, 15) is 13.2 Å². The summed E-state index contributed by atoms with van der Waals surface area (Å²) in [6, 6.07) is 2.47. The molecule has 0 unspecified atom stereocenters. The van der Waals surface area contributed by atoms with Gasteiger partial charge < -0.3 is 20.1 Å². The molecule has 1 aliphatic heterocycles. The van der Waals surface area contributed by atoms with Crippen LogP contribution in [0.15, 0.2) is 24.7 Å². The molecule has 0 spiro atoms. The Hall–Kier alpha value is -2.92. The van der Waals surface area contributed by atoms with Crippen LogP contribution in [0.5, 0.6) is 11.8 Å². The van der Waals surface area contributed by atoms with Gasteiger partial charge in [-0.05, 0) is 25.1 Å². The Balaban J connectivity index is 1.64. The molecule has 4 rings (SSSR count). The predicted octanol–water partition coefficient (Wildman–Crippen LogP) is 3.30. The van der Waals surface area contributed by atoms with Crippen LogP contribution in [-0.2, 0) is 0 Å². The summed E-state index contributed by atoms with van der Waals surface area (Å²) in [7, 11) is 0. The number of nitrogens with one attached hydrogen (secondary N) is 2. The minimum Gasteiger partial charge on any atom is -0.459 e. The molecule has 29 heavy (non-hydrogen) atoms. The monoisotopic (exact) mass is 426 g/mol. The number of hydrogen-bond acceptors (Lipinski definition) is 8. The Bertz CT molecular complexity index is 1040. The van der Waals surface area contributed by atoms with Gasteiger partial charge in [0.2, 0.25) is 0 Å². The second kappa shape index (κ2) is 8.21. The van der Waals surface area contributed by atoms with Gasteiger partial charge in [0.05, 0.1) is 11.9 Å². The van der Waals surface area contributed by atoms with Crippen molar-refractivity contribution in [2.24, 2.45) is 0 Å². The van der Waals surface area contributed by atoms with Gasteiger partial charge in [0.25, 0.3) is 0 Å². The van der Waals surface area contributed by atoms with E-state index in [1.807, 2.05) is 0 Å². The number of alkyl halides is 2. The molecule has 152 valence electrons. The first kappa shape index (κ1) is 19.4. The van der Waals surface area contributed by atoms with Crippen LogP contribution in [0.25, 0.3) is 11.0 Å². The van der Waals surface area contributed by atoms with Crippen LogP contribution in [0.3, 0.4) is 0 Å². The lowest BCUT2D eigenvalue weighted by atomic mass is 10.2. The van der Waals surface area contributed by atoms with Crippen LogP contribution in [0.1, 0.15) is 6.42 Å². The third kappa shape index (κ3) is 4.25. The zero-order valence-electron chi connectivity index (χ0n) is 14.7. The molecule has 8 nitrogen and oxygen atoms in total.